The minimum absolute atomic E-state index is 0.102. The number of morpholine rings is 1. The molecule has 0 bridgehead atoms. The van der Waals surface area contributed by atoms with E-state index in [2.05, 4.69) is 4.90 Å². The highest BCUT2D eigenvalue weighted by atomic mass is 35.5. The van der Waals surface area contributed by atoms with Gasteiger partial charge in [-0.3, -0.25) is 24.7 Å². The summed E-state index contributed by atoms with van der Waals surface area (Å²) in [5, 5.41) is 12.0. The molecular formula is C23H25ClN4O4S. The van der Waals surface area contributed by atoms with Crippen LogP contribution in [0.2, 0.25) is 5.02 Å². The van der Waals surface area contributed by atoms with Gasteiger partial charge in [-0.05, 0) is 37.5 Å². The highest BCUT2D eigenvalue weighted by Gasteiger charge is 2.26. The fraction of sp³-hybridized carbons (Fsp3) is 0.391. The molecule has 2 heterocycles. The van der Waals surface area contributed by atoms with E-state index in [1.807, 2.05) is 26.0 Å². The minimum Gasteiger partial charge on any atom is -0.379 e. The van der Waals surface area contributed by atoms with E-state index >= 15 is 0 Å². The van der Waals surface area contributed by atoms with Crippen LogP contribution in [0.4, 0.5) is 10.8 Å². The molecule has 33 heavy (non-hydrogen) atoms. The van der Waals surface area contributed by atoms with Gasteiger partial charge in [-0.15, -0.1) is 0 Å². The molecule has 0 atom stereocenters. The maximum Gasteiger partial charge on any atom is 0.270 e. The van der Waals surface area contributed by atoms with Crippen molar-refractivity contribution in [2.75, 3.05) is 44.3 Å². The number of nitro groups is 1. The van der Waals surface area contributed by atoms with Gasteiger partial charge in [0.1, 0.15) is 0 Å². The van der Waals surface area contributed by atoms with Crippen LogP contribution in [0.15, 0.2) is 30.3 Å². The molecule has 0 N–H and O–H groups in total. The summed E-state index contributed by atoms with van der Waals surface area (Å²) in [5.41, 5.74) is 2.92. The standard InChI is InChI=1S/C23H25ClN4O4S/c1-15-4-5-16(2)21-20(15)25-23(33-21)27(9-3-8-26-10-12-32-13-11-26)22(29)18-14-17(28(30)31)6-7-19(18)24/h4-7,14H,3,8-13H2,1-2H3. The number of carbonyl (C=O) groups excluding carboxylic acids is 1. The fourth-order valence-corrected chi connectivity index (χ4v) is 5.20. The van der Waals surface area contributed by atoms with Crippen LogP contribution >= 0.6 is 22.9 Å². The number of non-ortho nitro benzene ring substituents is 1. The first-order valence-electron chi connectivity index (χ1n) is 10.8. The Morgan fingerprint density at radius 3 is 2.67 bits per heavy atom. The number of benzene rings is 2. The van der Waals surface area contributed by atoms with E-state index in [1.54, 1.807) is 4.90 Å². The number of halogens is 1. The number of nitro benzene ring substituents is 1. The lowest BCUT2D eigenvalue weighted by Crippen LogP contribution is -2.39. The Balaban J connectivity index is 1.67. The van der Waals surface area contributed by atoms with Crippen LogP contribution in [0.5, 0.6) is 0 Å². The Labute approximate surface area is 200 Å². The van der Waals surface area contributed by atoms with Crippen LogP contribution in [0.1, 0.15) is 27.9 Å². The molecule has 4 rings (SSSR count). The van der Waals surface area contributed by atoms with E-state index in [9.17, 15) is 14.9 Å². The summed E-state index contributed by atoms with van der Waals surface area (Å²) in [6.07, 6.45) is 0.728. The van der Waals surface area contributed by atoms with E-state index in [0.717, 1.165) is 47.4 Å². The zero-order valence-corrected chi connectivity index (χ0v) is 20.1. The predicted molar refractivity (Wildman–Crippen MR) is 131 cm³/mol. The van der Waals surface area contributed by atoms with Gasteiger partial charge >= 0.3 is 0 Å². The normalized spacial score (nSPS) is 14.5. The van der Waals surface area contributed by atoms with Gasteiger partial charge < -0.3 is 4.74 Å². The predicted octanol–water partition coefficient (Wildman–Crippen LogP) is 4.84. The van der Waals surface area contributed by atoms with Crippen LogP contribution < -0.4 is 4.90 Å². The highest BCUT2D eigenvalue weighted by Crippen LogP contribution is 2.34. The van der Waals surface area contributed by atoms with Crippen molar-refractivity contribution in [1.82, 2.24) is 9.88 Å². The van der Waals surface area contributed by atoms with Gasteiger partial charge in [0.15, 0.2) is 5.13 Å². The molecule has 1 saturated heterocycles. The number of nitrogens with zero attached hydrogens (tertiary/aromatic N) is 4. The summed E-state index contributed by atoms with van der Waals surface area (Å²) < 4.78 is 6.44. The first-order chi connectivity index (χ1) is 15.8. The van der Waals surface area contributed by atoms with Gasteiger partial charge in [-0.25, -0.2) is 4.98 Å². The molecule has 2 aromatic carbocycles. The number of ether oxygens (including phenoxy) is 1. The van der Waals surface area contributed by atoms with Gasteiger partial charge in [0.2, 0.25) is 0 Å². The number of amides is 1. The van der Waals surface area contributed by atoms with Crippen molar-refractivity contribution in [3.63, 3.8) is 0 Å². The third kappa shape index (κ3) is 5.16. The molecular weight excluding hydrogens is 464 g/mol. The van der Waals surface area contributed by atoms with Crippen LogP contribution in [-0.4, -0.2) is 60.1 Å². The van der Waals surface area contributed by atoms with Gasteiger partial charge in [-0.1, -0.05) is 35.1 Å². The number of rotatable bonds is 7. The topological polar surface area (TPSA) is 88.8 Å². The molecule has 1 fully saturated rings. The van der Waals surface area contributed by atoms with Gasteiger partial charge in [0.05, 0.1) is 38.9 Å². The number of fused-ring (bicyclic) bond motifs is 1. The van der Waals surface area contributed by atoms with Crippen molar-refractivity contribution in [1.29, 1.82) is 0 Å². The van der Waals surface area contributed by atoms with E-state index in [-0.39, 0.29) is 22.2 Å². The van der Waals surface area contributed by atoms with Crippen LogP contribution in [0.25, 0.3) is 10.2 Å². The van der Waals surface area contributed by atoms with Crippen LogP contribution in [0, 0.1) is 24.0 Å². The third-order valence-corrected chi connectivity index (χ3v) is 7.30. The molecule has 3 aromatic rings. The lowest BCUT2D eigenvalue weighted by Gasteiger charge is -2.27. The number of aryl methyl sites for hydroxylation is 2. The average Bonchev–Trinajstić information content (AvgIpc) is 3.26. The first-order valence-corrected chi connectivity index (χ1v) is 12.0. The smallest absolute Gasteiger partial charge is 0.270 e. The Morgan fingerprint density at radius 1 is 1.24 bits per heavy atom. The Bertz CT molecular complexity index is 1150. The van der Waals surface area contributed by atoms with Crippen molar-refractivity contribution in [2.45, 2.75) is 20.3 Å². The SMILES string of the molecule is Cc1ccc(C)c2sc(N(CCCN3CCOCC3)C(=O)c3cc([N+](=O)[O-])ccc3Cl)nc12. The second-order valence-electron chi connectivity index (χ2n) is 8.06. The summed E-state index contributed by atoms with van der Waals surface area (Å²) in [6, 6.07) is 7.99. The molecule has 1 aliphatic heterocycles. The largest absolute Gasteiger partial charge is 0.379 e. The molecule has 1 aromatic heterocycles. The molecule has 0 aliphatic carbocycles. The molecule has 0 unspecified atom stereocenters. The van der Waals surface area contributed by atoms with Gasteiger partial charge in [0, 0.05) is 38.3 Å². The quantitative estimate of drug-likeness (QED) is 0.349. The van der Waals surface area contributed by atoms with Crippen LogP contribution in [0.3, 0.4) is 0 Å². The van der Waals surface area contributed by atoms with Crippen LogP contribution in [-0.2, 0) is 4.74 Å². The van der Waals surface area contributed by atoms with Gasteiger partial charge in [0.25, 0.3) is 11.6 Å². The number of carbonyl (C=O) groups is 1. The third-order valence-electron chi connectivity index (χ3n) is 5.76. The van der Waals surface area contributed by atoms with Crippen molar-refractivity contribution in [3.05, 3.63) is 62.2 Å². The van der Waals surface area contributed by atoms with Gasteiger partial charge in [-0.2, -0.15) is 0 Å². The molecule has 174 valence electrons. The van der Waals surface area contributed by atoms with Crippen molar-refractivity contribution in [3.8, 4) is 0 Å². The second kappa shape index (κ2) is 10.1. The zero-order valence-electron chi connectivity index (χ0n) is 18.5. The molecule has 1 aliphatic rings. The molecule has 0 saturated carbocycles. The Hall–Kier alpha value is -2.59. The maximum absolute atomic E-state index is 13.6. The summed E-state index contributed by atoms with van der Waals surface area (Å²) in [4.78, 5) is 33.1. The second-order valence-corrected chi connectivity index (χ2v) is 9.44. The van der Waals surface area contributed by atoms with E-state index in [4.69, 9.17) is 21.3 Å². The number of thiazole rings is 1. The molecule has 1 amide bonds. The Morgan fingerprint density at radius 2 is 1.97 bits per heavy atom. The fourth-order valence-electron chi connectivity index (χ4n) is 3.86. The molecule has 10 heteroatoms. The first kappa shape index (κ1) is 23.6. The molecule has 0 spiro atoms. The number of hydrogen-bond donors (Lipinski definition) is 0. The maximum atomic E-state index is 13.6. The summed E-state index contributed by atoms with van der Waals surface area (Å²) in [6.45, 7) is 8.41. The number of anilines is 1. The van der Waals surface area contributed by atoms with E-state index in [1.165, 1.54) is 29.5 Å². The zero-order chi connectivity index (χ0) is 23.5. The number of hydrogen-bond acceptors (Lipinski definition) is 7. The van der Waals surface area contributed by atoms with Crippen molar-refractivity contribution < 1.29 is 14.5 Å². The van der Waals surface area contributed by atoms with Crippen molar-refractivity contribution in [2.24, 2.45) is 0 Å². The lowest BCUT2D eigenvalue weighted by molar-refractivity contribution is -0.384. The highest BCUT2D eigenvalue weighted by molar-refractivity contribution is 7.22. The van der Waals surface area contributed by atoms with E-state index in [0.29, 0.717) is 24.9 Å². The summed E-state index contributed by atoms with van der Waals surface area (Å²) >= 11 is 7.76. The summed E-state index contributed by atoms with van der Waals surface area (Å²) in [7, 11) is 0. The average molecular weight is 489 g/mol. The minimum atomic E-state index is -0.527. The molecule has 8 nitrogen and oxygen atoms in total. The monoisotopic (exact) mass is 488 g/mol. The Kier molecular flexibility index (Phi) is 7.23. The lowest BCUT2D eigenvalue weighted by atomic mass is 10.1. The number of aromatic nitrogens is 1. The van der Waals surface area contributed by atoms with E-state index < -0.39 is 4.92 Å². The summed E-state index contributed by atoms with van der Waals surface area (Å²) in [5.74, 6) is -0.389. The molecule has 0 radical (unpaired) electrons. The van der Waals surface area contributed by atoms with Crippen molar-refractivity contribution >= 4 is 49.9 Å².